The number of hydrogen-bond donors (Lipinski definition) is 2. The van der Waals surface area contributed by atoms with E-state index in [9.17, 15) is 14.0 Å². The number of aryl methyl sites for hydroxylation is 2. The van der Waals surface area contributed by atoms with Gasteiger partial charge in [-0.2, -0.15) is 0 Å². The van der Waals surface area contributed by atoms with Crippen molar-refractivity contribution in [2.45, 2.75) is 33.2 Å². The zero-order valence-corrected chi connectivity index (χ0v) is 17.0. The number of nitrogens with zero attached hydrogens (tertiary/aromatic N) is 1. The van der Waals surface area contributed by atoms with Crippen molar-refractivity contribution >= 4 is 17.5 Å². The van der Waals surface area contributed by atoms with E-state index in [1.54, 1.807) is 12.1 Å². The highest BCUT2D eigenvalue weighted by atomic mass is 19.1. The van der Waals surface area contributed by atoms with Crippen molar-refractivity contribution in [1.82, 2.24) is 10.2 Å². The van der Waals surface area contributed by atoms with Crippen LogP contribution < -0.4 is 10.6 Å². The normalized spacial score (nSPS) is 15.1. The molecule has 0 aliphatic carbocycles. The second kappa shape index (κ2) is 9.65. The first kappa shape index (κ1) is 21.0. The topological polar surface area (TPSA) is 61.4 Å². The lowest BCUT2D eigenvalue weighted by atomic mass is 9.96. The molecule has 6 heteroatoms. The van der Waals surface area contributed by atoms with E-state index in [2.05, 4.69) is 15.5 Å². The molecule has 2 amide bonds. The van der Waals surface area contributed by atoms with E-state index in [-0.39, 0.29) is 23.5 Å². The first-order chi connectivity index (χ1) is 13.9. The van der Waals surface area contributed by atoms with Crippen molar-refractivity contribution in [2.75, 3.05) is 25.0 Å². The second-order valence-electron chi connectivity index (χ2n) is 7.74. The summed E-state index contributed by atoms with van der Waals surface area (Å²) in [4.78, 5) is 26.8. The molecule has 2 N–H and O–H groups in total. The Balaban J connectivity index is 1.40. The van der Waals surface area contributed by atoms with Crippen LogP contribution in [0.5, 0.6) is 0 Å². The van der Waals surface area contributed by atoms with E-state index in [1.165, 1.54) is 17.7 Å². The van der Waals surface area contributed by atoms with Gasteiger partial charge in [0.1, 0.15) is 5.82 Å². The van der Waals surface area contributed by atoms with Gasteiger partial charge >= 0.3 is 0 Å². The van der Waals surface area contributed by atoms with Gasteiger partial charge in [0.15, 0.2) is 0 Å². The van der Waals surface area contributed by atoms with Crippen molar-refractivity contribution in [2.24, 2.45) is 5.92 Å². The molecule has 1 aliphatic rings. The van der Waals surface area contributed by atoms with E-state index in [0.717, 1.165) is 42.7 Å². The third-order valence-corrected chi connectivity index (χ3v) is 5.50. The number of anilines is 1. The third-order valence-electron chi connectivity index (χ3n) is 5.50. The van der Waals surface area contributed by atoms with Crippen molar-refractivity contribution in [3.63, 3.8) is 0 Å². The number of halogens is 1. The van der Waals surface area contributed by atoms with Crippen LogP contribution in [-0.2, 0) is 16.1 Å². The molecule has 154 valence electrons. The van der Waals surface area contributed by atoms with E-state index < -0.39 is 0 Å². The number of carbonyl (C=O) groups is 2. The zero-order chi connectivity index (χ0) is 20.8. The van der Waals surface area contributed by atoms with Crippen LogP contribution in [0.2, 0.25) is 0 Å². The Kier molecular flexibility index (Phi) is 6.99. The Morgan fingerprint density at radius 1 is 1.03 bits per heavy atom. The molecule has 5 nitrogen and oxygen atoms in total. The second-order valence-corrected chi connectivity index (χ2v) is 7.74. The van der Waals surface area contributed by atoms with Gasteiger partial charge in [0.25, 0.3) is 0 Å². The van der Waals surface area contributed by atoms with Crippen molar-refractivity contribution in [3.05, 3.63) is 65.0 Å². The molecule has 1 saturated heterocycles. The largest absolute Gasteiger partial charge is 0.352 e. The highest BCUT2D eigenvalue weighted by molar-refractivity contribution is 5.92. The Morgan fingerprint density at radius 3 is 2.38 bits per heavy atom. The number of rotatable bonds is 6. The van der Waals surface area contributed by atoms with Crippen LogP contribution in [0.25, 0.3) is 0 Å². The van der Waals surface area contributed by atoms with Gasteiger partial charge in [-0.25, -0.2) is 4.39 Å². The monoisotopic (exact) mass is 397 g/mol. The summed E-state index contributed by atoms with van der Waals surface area (Å²) in [7, 11) is 0. The Bertz CT molecular complexity index is 859. The molecule has 0 unspecified atom stereocenters. The smallest absolute Gasteiger partial charge is 0.238 e. The van der Waals surface area contributed by atoms with Gasteiger partial charge in [0, 0.05) is 18.2 Å². The summed E-state index contributed by atoms with van der Waals surface area (Å²) in [6.45, 7) is 6.23. The zero-order valence-electron chi connectivity index (χ0n) is 17.0. The van der Waals surface area contributed by atoms with E-state index in [1.807, 2.05) is 32.0 Å². The highest BCUT2D eigenvalue weighted by Crippen LogP contribution is 2.18. The fourth-order valence-corrected chi connectivity index (χ4v) is 3.51. The first-order valence-corrected chi connectivity index (χ1v) is 10.0. The standard InChI is InChI=1S/C23H28FN3O2/c1-16-3-8-21(13-17(16)2)26-22(28)15-27-11-9-19(10-12-27)23(29)25-14-18-4-6-20(24)7-5-18/h3-8,13,19H,9-12,14-15H2,1-2H3,(H,25,29)(H,26,28). The quantitative estimate of drug-likeness (QED) is 0.785. The number of nitrogens with one attached hydrogen (secondary N) is 2. The molecule has 2 aromatic carbocycles. The maximum atomic E-state index is 12.9. The molecular formula is C23H28FN3O2. The summed E-state index contributed by atoms with van der Waals surface area (Å²) in [6.07, 6.45) is 1.46. The van der Waals surface area contributed by atoms with Crippen LogP contribution >= 0.6 is 0 Å². The lowest BCUT2D eigenvalue weighted by molar-refractivity contribution is -0.126. The van der Waals surface area contributed by atoms with Gasteiger partial charge < -0.3 is 10.6 Å². The van der Waals surface area contributed by atoms with Gasteiger partial charge in [-0.05, 0) is 80.7 Å². The molecule has 0 saturated carbocycles. The molecule has 0 aromatic heterocycles. The number of piperidine rings is 1. The molecule has 0 spiro atoms. The van der Waals surface area contributed by atoms with Gasteiger partial charge in [0.05, 0.1) is 6.54 Å². The highest BCUT2D eigenvalue weighted by Gasteiger charge is 2.25. The lowest BCUT2D eigenvalue weighted by Crippen LogP contribution is -2.43. The minimum atomic E-state index is -0.283. The van der Waals surface area contributed by atoms with Crippen LogP contribution in [0, 0.1) is 25.6 Å². The first-order valence-electron chi connectivity index (χ1n) is 10.0. The molecule has 1 fully saturated rings. The fourth-order valence-electron chi connectivity index (χ4n) is 3.51. The molecule has 2 aromatic rings. The van der Waals surface area contributed by atoms with Crippen molar-refractivity contribution in [1.29, 1.82) is 0 Å². The van der Waals surface area contributed by atoms with Crippen LogP contribution in [0.3, 0.4) is 0 Å². The summed E-state index contributed by atoms with van der Waals surface area (Å²) < 4.78 is 12.9. The third kappa shape index (κ3) is 6.12. The van der Waals surface area contributed by atoms with Gasteiger partial charge in [-0.15, -0.1) is 0 Å². The number of benzene rings is 2. The molecule has 1 aliphatic heterocycles. The molecule has 3 rings (SSSR count). The predicted molar refractivity (Wildman–Crippen MR) is 112 cm³/mol. The molecule has 1 heterocycles. The van der Waals surface area contributed by atoms with Gasteiger partial charge in [-0.3, -0.25) is 14.5 Å². The minimum absolute atomic E-state index is 0.0218. The minimum Gasteiger partial charge on any atom is -0.352 e. The Labute approximate surface area is 171 Å². The van der Waals surface area contributed by atoms with Crippen molar-refractivity contribution in [3.8, 4) is 0 Å². The van der Waals surface area contributed by atoms with E-state index >= 15 is 0 Å². The van der Waals surface area contributed by atoms with Gasteiger partial charge in [0.2, 0.25) is 11.8 Å². The molecular weight excluding hydrogens is 369 g/mol. The molecule has 0 atom stereocenters. The molecule has 0 radical (unpaired) electrons. The number of amides is 2. The summed E-state index contributed by atoms with van der Waals surface area (Å²) in [5.74, 6) is -0.343. The average Bonchev–Trinajstić information content (AvgIpc) is 2.70. The van der Waals surface area contributed by atoms with Crippen LogP contribution in [-0.4, -0.2) is 36.3 Å². The number of likely N-dealkylation sites (tertiary alicyclic amines) is 1. The lowest BCUT2D eigenvalue weighted by Gasteiger charge is -2.30. The van der Waals surface area contributed by atoms with E-state index in [0.29, 0.717) is 13.1 Å². The maximum absolute atomic E-state index is 12.9. The van der Waals surface area contributed by atoms with Crippen LogP contribution in [0.1, 0.15) is 29.5 Å². The SMILES string of the molecule is Cc1ccc(NC(=O)CN2CCC(C(=O)NCc3ccc(F)cc3)CC2)cc1C. The fraction of sp³-hybridized carbons (Fsp3) is 0.391. The Hall–Kier alpha value is -2.73. The van der Waals surface area contributed by atoms with Crippen molar-refractivity contribution < 1.29 is 14.0 Å². The van der Waals surface area contributed by atoms with E-state index in [4.69, 9.17) is 0 Å². The predicted octanol–water partition coefficient (Wildman–Crippen LogP) is 3.41. The summed E-state index contributed by atoms with van der Waals surface area (Å²) in [5.41, 5.74) is 4.03. The maximum Gasteiger partial charge on any atom is 0.238 e. The summed E-state index contributed by atoms with van der Waals surface area (Å²) >= 11 is 0. The Morgan fingerprint density at radius 2 is 1.72 bits per heavy atom. The van der Waals surface area contributed by atoms with Crippen LogP contribution in [0.4, 0.5) is 10.1 Å². The van der Waals surface area contributed by atoms with Gasteiger partial charge in [-0.1, -0.05) is 18.2 Å². The number of carbonyl (C=O) groups excluding carboxylic acids is 2. The molecule has 0 bridgehead atoms. The average molecular weight is 397 g/mol. The van der Waals surface area contributed by atoms with Crippen LogP contribution in [0.15, 0.2) is 42.5 Å². The summed E-state index contributed by atoms with van der Waals surface area (Å²) in [5, 5.41) is 5.87. The summed E-state index contributed by atoms with van der Waals surface area (Å²) in [6, 6.07) is 12.0. The molecule has 29 heavy (non-hydrogen) atoms. The number of hydrogen-bond acceptors (Lipinski definition) is 3.